The summed E-state index contributed by atoms with van der Waals surface area (Å²) < 4.78 is 0. The molecule has 1 rings (SSSR count). The fourth-order valence-electron chi connectivity index (χ4n) is 2.27. The molecule has 0 heterocycles. The molecule has 0 bridgehead atoms. The summed E-state index contributed by atoms with van der Waals surface area (Å²) in [5, 5.41) is 0. The molecule has 0 aromatic heterocycles. The Labute approximate surface area is 69.2 Å². The lowest BCUT2D eigenvalue weighted by atomic mass is 9.74. The van der Waals surface area contributed by atoms with Crippen molar-refractivity contribution in [2.45, 2.75) is 40.0 Å². The third-order valence-corrected chi connectivity index (χ3v) is 2.95. The number of carbonyl (C=O) groups excluding carboxylic acids is 1. The highest BCUT2D eigenvalue weighted by Gasteiger charge is 2.27. The van der Waals surface area contributed by atoms with Gasteiger partial charge in [-0.1, -0.05) is 20.3 Å². The summed E-state index contributed by atoms with van der Waals surface area (Å²) in [6.45, 7) is 6.23. The number of hydrogen-bond acceptors (Lipinski definition) is 1. The van der Waals surface area contributed by atoms with Gasteiger partial charge in [-0.05, 0) is 31.6 Å². The van der Waals surface area contributed by atoms with E-state index in [2.05, 4.69) is 13.8 Å². The maximum atomic E-state index is 11.1. The van der Waals surface area contributed by atoms with E-state index in [0.717, 1.165) is 12.3 Å². The summed E-state index contributed by atoms with van der Waals surface area (Å²) in [6.07, 6.45) is 3.61. The van der Waals surface area contributed by atoms with Crippen molar-refractivity contribution in [1.29, 1.82) is 0 Å². The lowest BCUT2D eigenvalue weighted by Gasteiger charge is -2.30. The van der Waals surface area contributed by atoms with E-state index >= 15 is 0 Å². The SMILES string of the molecule is CC(=O)[C@@H]1CC[C@@H](C)C[C@H]1C. The summed E-state index contributed by atoms with van der Waals surface area (Å²) in [5.74, 6) is 2.22. The molecule has 0 saturated heterocycles. The van der Waals surface area contributed by atoms with Crippen LogP contribution in [0.4, 0.5) is 0 Å². The summed E-state index contributed by atoms with van der Waals surface area (Å²) in [6, 6.07) is 0. The van der Waals surface area contributed by atoms with Crippen molar-refractivity contribution >= 4 is 5.78 Å². The van der Waals surface area contributed by atoms with Gasteiger partial charge in [0.2, 0.25) is 0 Å². The van der Waals surface area contributed by atoms with Crippen LogP contribution in [0.2, 0.25) is 0 Å². The maximum absolute atomic E-state index is 11.1. The van der Waals surface area contributed by atoms with Crippen molar-refractivity contribution in [2.24, 2.45) is 17.8 Å². The van der Waals surface area contributed by atoms with Gasteiger partial charge in [-0.15, -0.1) is 0 Å². The van der Waals surface area contributed by atoms with Gasteiger partial charge in [0.25, 0.3) is 0 Å². The van der Waals surface area contributed by atoms with Crippen LogP contribution in [0.1, 0.15) is 40.0 Å². The number of rotatable bonds is 1. The molecule has 11 heavy (non-hydrogen) atoms. The first kappa shape index (κ1) is 8.76. The Kier molecular flexibility index (Phi) is 2.69. The van der Waals surface area contributed by atoms with Gasteiger partial charge in [-0.3, -0.25) is 4.79 Å². The minimum Gasteiger partial charge on any atom is -0.300 e. The van der Waals surface area contributed by atoms with Gasteiger partial charge in [-0.2, -0.15) is 0 Å². The molecule has 0 aliphatic heterocycles. The second kappa shape index (κ2) is 3.38. The van der Waals surface area contributed by atoms with Crippen LogP contribution in [0.25, 0.3) is 0 Å². The largest absolute Gasteiger partial charge is 0.300 e. The minimum atomic E-state index is 0.367. The van der Waals surface area contributed by atoms with Crippen LogP contribution in [0.3, 0.4) is 0 Å². The van der Waals surface area contributed by atoms with Crippen LogP contribution in [0, 0.1) is 17.8 Å². The van der Waals surface area contributed by atoms with E-state index in [1.807, 2.05) is 0 Å². The highest BCUT2D eigenvalue weighted by Crippen LogP contribution is 2.33. The molecule has 0 aromatic carbocycles. The summed E-state index contributed by atoms with van der Waals surface area (Å²) in [4.78, 5) is 11.1. The lowest BCUT2D eigenvalue weighted by molar-refractivity contribution is -0.123. The normalized spacial score (nSPS) is 38.6. The molecule has 0 amide bonds. The topological polar surface area (TPSA) is 17.1 Å². The zero-order chi connectivity index (χ0) is 8.43. The van der Waals surface area contributed by atoms with Gasteiger partial charge in [0, 0.05) is 5.92 Å². The molecular formula is C10H18O. The molecule has 1 aliphatic carbocycles. The first-order valence-corrected chi connectivity index (χ1v) is 4.61. The molecule has 3 atom stereocenters. The number of carbonyl (C=O) groups is 1. The average molecular weight is 154 g/mol. The number of ketones is 1. The highest BCUT2D eigenvalue weighted by molar-refractivity contribution is 5.78. The molecule has 64 valence electrons. The van der Waals surface area contributed by atoms with E-state index in [1.54, 1.807) is 6.92 Å². The van der Waals surface area contributed by atoms with E-state index in [-0.39, 0.29) is 0 Å². The Morgan fingerprint density at radius 1 is 1.27 bits per heavy atom. The molecule has 1 nitrogen and oxygen atoms in total. The molecule has 1 heteroatoms. The molecule has 1 saturated carbocycles. The average Bonchev–Trinajstić information content (AvgIpc) is 1.85. The van der Waals surface area contributed by atoms with Gasteiger partial charge < -0.3 is 0 Å². The third kappa shape index (κ3) is 2.05. The first-order chi connectivity index (χ1) is 5.11. The van der Waals surface area contributed by atoms with Crippen molar-refractivity contribution in [3.05, 3.63) is 0 Å². The van der Waals surface area contributed by atoms with Gasteiger partial charge in [-0.25, -0.2) is 0 Å². The Bertz CT molecular complexity index is 151. The Morgan fingerprint density at radius 3 is 2.36 bits per heavy atom. The van der Waals surface area contributed by atoms with Crippen molar-refractivity contribution < 1.29 is 4.79 Å². The van der Waals surface area contributed by atoms with Crippen molar-refractivity contribution in [1.82, 2.24) is 0 Å². The zero-order valence-corrected chi connectivity index (χ0v) is 7.76. The molecule has 1 fully saturated rings. The van der Waals surface area contributed by atoms with E-state index in [0.29, 0.717) is 17.6 Å². The molecular weight excluding hydrogens is 136 g/mol. The maximum Gasteiger partial charge on any atom is 0.133 e. The molecule has 0 radical (unpaired) electrons. The number of hydrogen-bond donors (Lipinski definition) is 0. The predicted molar refractivity (Wildman–Crippen MR) is 46.4 cm³/mol. The van der Waals surface area contributed by atoms with Gasteiger partial charge in [0.05, 0.1) is 0 Å². The second-order valence-electron chi connectivity index (χ2n) is 4.11. The van der Waals surface area contributed by atoms with Crippen LogP contribution < -0.4 is 0 Å². The van der Waals surface area contributed by atoms with Crippen molar-refractivity contribution in [3.8, 4) is 0 Å². The Balaban J connectivity index is 2.50. The van der Waals surface area contributed by atoms with E-state index in [9.17, 15) is 4.79 Å². The fraction of sp³-hybridized carbons (Fsp3) is 0.900. The molecule has 1 aliphatic rings. The van der Waals surface area contributed by atoms with Crippen LogP contribution in [-0.2, 0) is 4.79 Å². The minimum absolute atomic E-state index is 0.367. The molecule has 0 aromatic rings. The van der Waals surface area contributed by atoms with Crippen molar-refractivity contribution in [2.75, 3.05) is 0 Å². The molecule has 0 N–H and O–H groups in total. The quantitative estimate of drug-likeness (QED) is 0.567. The van der Waals surface area contributed by atoms with Crippen LogP contribution in [-0.4, -0.2) is 5.78 Å². The van der Waals surface area contributed by atoms with Gasteiger partial charge in [0.1, 0.15) is 5.78 Å². The van der Waals surface area contributed by atoms with E-state index in [4.69, 9.17) is 0 Å². The van der Waals surface area contributed by atoms with Gasteiger partial charge >= 0.3 is 0 Å². The molecule has 0 unspecified atom stereocenters. The summed E-state index contributed by atoms with van der Waals surface area (Å²) >= 11 is 0. The Morgan fingerprint density at radius 2 is 1.91 bits per heavy atom. The third-order valence-electron chi connectivity index (χ3n) is 2.95. The summed E-state index contributed by atoms with van der Waals surface area (Å²) in [7, 11) is 0. The monoisotopic (exact) mass is 154 g/mol. The highest BCUT2D eigenvalue weighted by atomic mass is 16.1. The second-order valence-corrected chi connectivity index (χ2v) is 4.11. The number of Topliss-reactive ketones (excluding diaryl/α,β-unsaturated/α-hetero) is 1. The van der Waals surface area contributed by atoms with Crippen molar-refractivity contribution in [3.63, 3.8) is 0 Å². The van der Waals surface area contributed by atoms with Crippen LogP contribution in [0.5, 0.6) is 0 Å². The predicted octanol–water partition coefficient (Wildman–Crippen LogP) is 2.65. The first-order valence-electron chi connectivity index (χ1n) is 4.61. The standard InChI is InChI=1S/C10H18O/c1-7-4-5-10(9(3)11)8(2)6-7/h7-8,10H,4-6H2,1-3H3/t7-,8-,10-/m1/s1. The van der Waals surface area contributed by atoms with Crippen LogP contribution >= 0.6 is 0 Å². The lowest BCUT2D eigenvalue weighted by Crippen LogP contribution is -2.26. The van der Waals surface area contributed by atoms with Gasteiger partial charge in [0.15, 0.2) is 0 Å². The zero-order valence-electron chi connectivity index (χ0n) is 7.76. The fourth-order valence-corrected chi connectivity index (χ4v) is 2.27. The van der Waals surface area contributed by atoms with Crippen LogP contribution in [0.15, 0.2) is 0 Å². The molecule has 0 spiro atoms. The van der Waals surface area contributed by atoms with E-state index < -0.39 is 0 Å². The summed E-state index contributed by atoms with van der Waals surface area (Å²) in [5.41, 5.74) is 0. The smallest absolute Gasteiger partial charge is 0.133 e. The van der Waals surface area contributed by atoms with E-state index in [1.165, 1.54) is 12.8 Å². The Hall–Kier alpha value is -0.330.